The molecule has 1 aliphatic heterocycles. The highest BCUT2D eigenvalue weighted by molar-refractivity contribution is 5.99. The summed E-state index contributed by atoms with van der Waals surface area (Å²) in [6, 6.07) is 17.8. The molecule has 9 nitrogen and oxygen atoms in total. The number of aromatic nitrogens is 5. The van der Waals surface area contributed by atoms with E-state index < -0.39 is 0 Å². The smallest absolute Gasteiger partial charge is 0.160 e. The standard InChI is InChI=1S/C24H22N8O/c1-2-6-19-18(5-1)17(15-26-19)16-27-29-22-14-24(31-9-11-33-12-10-31)32-23(28-22)13-21(30-32)20-7-3-4-8-25-20/h1-8,13-16,26H,9-12H2,(H,28,29)/b27-16-. The van der Waals surface area contributed by atoms with E-state index in [0.29, 0.717) is 19.0 Å². The Kier molecular flexibility index (Phi) is 4.93. The summed E-state index contributed by atoms with van der Waals surface area (Å²) in [6.07, 6.45) is 5.51. The van der Waals surface area contributed by atoms with Crippen LogP contribution in [0, 0.1) is 0 Å². The molecule has 4 aromatic heterocycles. The molecular formula is C24H22N8O. The Hall–Kier alpha value is -4.24. The van der Waals surface area contributed by atoms with E-state index in [1.54, 1.807) is 12.4 Å². The average molecular weight is 438 g/mol. The van der Waals surface area contributed by atoms with Gasteiger partial charge in [-0.3, -0.25) is 10.4 Å². The zero-order valence-electron chi connectivity index (χ0n) is 17.8. The highest BCUT2D eigenvalue weighted by Gasteiger charge is 2.18. The highest BCUT2D eigenvalue weighted by Crippen LogP contribution is 2.25. The van der Waals surface area contributed by atoms with Crippen LogP contribution < -0.4 is 10.3 Å². The van der Waals surface area contributed by atoms with E-state index in [2.05, 4.69) is 31.5 Å². The number of morpholine rings is 1. The number of benzene rings is 1. The first-order chi connectivity index (χ1) is 16.3. The Morgan fingerprint density at radius 2 is 1.91 bits per heavy atom. The van der Waals surface area contributed by atoms with Gasteiger partial charge in [0.05, 0.1) is 25.1 Å². The number of hydrogen-bond donors (Lipinski definition) is 2. The van der Waals surface area contributed by atoms with Crippen LogP contribution in [0.5, 0.6) is 0 Å². The molecule has 5 heterocycles. The first-order valence-electron chi connectivity index (χ1n) is 10.9. The number of hydrazone groups is 1. The molecule has 0 amide bonds. The molecule has 164 valence electrons. The van der Waals surface area contributed by atoms with E-state index in [9.17, 15) is 0 Å². The van der Waals surface area contributed by atoms with Crippen molar-refractivity contribution in [2.45, 2.75) is 0 Å². The Morgan fingerprint density at radius 3 is 2.79 bits per heavy atom. The fourth-order valence-corrected chi connectivity index (χ4v) is 4.04. The van der Waals surface area contributed by atoms with Gasteiger partial charge >= 0.3 is 0 Å². The van der Waals surface area contributed by atoms with Gasteiger partial charge in [0, 0.05) is 54.1 Å². The Bertz CT molecular complexity index is 1430. The van der Waals surface area contributed by atoms with Crippen LogP contribution in [0.15, 0.2) is 72.1 Å². The van der Waals surface area contributed by atoms with Crippen molar-refractivity contribution in [2.24, 2.45) is 5.10 Å². The number of aromatic amines is 1. The first kappa shape index (κ1) is 19.4. The fourth-order valence-electron chi connectivity index (χ4n) is 4.04. The fraction of sp³-hybridized carbons (Fsp3) is 0.167. The van der Waals surface area contributed by atoms with E-state index in [0.717, 1.165) is 52.4 Å². The van der Waals surface area contributed by atoms with Crippen LogP contribution in [0.2, 0.25) is 0 Å². The molecule has 0 bridgehead atoms. The summed E-state index contributed by atoms with van der Waals surface area (Å²) in [4.78, 5) is 14.7. The highest BCUT2D eigenvalue weighted by atomic mass is 16.5. The minimum Gasteiger partial charge on any atom is -0.378 e. The van der Waals surface area contributed by atoms with Gasteiger partial charge < -0.3 is 14.6 Å². The molecule has 1 fully saturated rings. The third-order valence-corrected chi connectivity index (χ3v) is 5.67. The number of para-hydroxylation sites is 1. The third-order valence-electron chi connectivity index (χ3n) is 5.67. The molecule has 33 heavy (non-hydrogen) atoms. The van der Waals surface area contributed by atoms with Gasteiger partial charge in [-0.15, -0.1) is 0 Å². The lowest BCUT2D eigenvalue weighted by molar-refractivity contribution is 0.122. The quantitative estimate of drug-likeness (QED) is 0.322. The van der Waals surface area contributed by atoms with Gasteiger partial charge in [-0.05, 0) is 18.2 Å². The monoisotopic (exact) mass is 438 g/mol. The van der Waals surface area contributed by atoms with Crippen LogP contribution in [-0.4, -0.2) is 57.1 Å². The van der Waals surface area contributed by atoms with Crippen LogP contribution in [0.25, 0.3) is 27.9 Å². The van der Waals surface area contributed by atoms with Gasteiger partial charge in [0.25, 0.3) is 0 Å². The number of nitrogens with zero attached hydrogens (tertiary/aromatic N) is 6. The number of anilines is 2. The maximum Gasteiger partial charge on any atom is 0.160 e. The first-order valence-corrected chi connectivity index (χ1v) is 10.9. The molecule has 0 saturated carbocycles. The number of pyridine rings is 1. The molecule has 5 aromatic rings. The predicted octanol–water partition coefficient (Wildman–Crippen LogP) is 3.56. The van der Waals surface area contributed by atoms with E-state index in [-0.39, 0.29) is 0 Å². The number of nitrogens with one attached hydrogen (secondary N) is 2. The number of ether oxygens (including phenoxy) is 1. The van der Waals surface area contributed by atoms with Crippen LogP contribution in [0.3, 0.4) is 0 Å². The summed E-state index contributed by atoms with van der Waals surface area (Å²) >= 11 is 0. The van der Waals surface area contributed by atoms with Gasteiger partial charge in [-0.25, -0.2) is 4.98 Å². The molecule has 1 saturated heterocycles. The average Bonchev–Trinajstić information content (AvgIpc) is 3.49. The number of rotatable bonds is 5. The Labute approximate surface area is 189 Å². The number of hydrogen-bond acceptors (Lipinski definition) is 7. The summed E-state index contributed by atoms with van der Waals surface area (Å²) in [7, 11) is 0. The van der Waals surface area contributed by atoms with Crippen molar-refractivity contribution in [2.75, 3.05) is 36.6 Å². The molecule has 6 rings (SSSR count). The summed E-state index contributed by atoms with van der Waals surface area (Å²) in [5, 5.41) is 10.4. The zero-order valence-corrected chi connectivity index (χ0v) is 17.8. The summed E-state index contributed by atoms with van der Waals surface area (Å²) < 4.78 is 7.41. The second-order valence-electron chi connectivity index (χ2n) is 7.77. The largest absolute Gasteiger partial charge is 0.378 e. The molecule has 1 aromatic carbocycles. The van der Waals surface area contributed by atoms with Gasteiger partial charge in [-0.1, -0.05) is 24.3 Å². The second-order valence-corrected chi connectivity index (χ2v) is 7.77. The SMILES string of the molecule is C(=N/Nc1cc(N2CCOCC2)n2nc(-c3ccccn3)cc2n1)/c1c[nH]c2ccccc12. The zero-order chi connectivity index (χ0) is 22.0. The van der Waals surface area contributed by atoms with Gasteiger partial charge in [-0.2, -0.15) is 14.7 Å². The molecule has 0 aliphatic carbocycles. The van der Waals surface area contributed by atoms with E-state index in [1.807, 2.05) is 59.2 Å². The molecule has 0 unspecified atom stereocenters. The molecule has 2 N–H and O–H groups in total. The van der Waals surface area contributed by atoms with E-state index in [4.69, 9.17) is 14.8 Å². The molecule has 0 atom stereocenters. The van der Waals surface area contributed by atoms with Gasteiger partial charge in [0.1, 0.15) is 11.5 Å². The molecule has 0 radical (unpaired) electrons. The van der Waals surface area contributed by atoms with Crippen LogP contribution in [0.1, 0.15) is 5.56 Å². The minimum absolute atomic E-state index is 0.646. The lowest BCUT2D eigenvalue weighted by Gasteiger charge is -2.29. The molecule has 0 spiro atoms. The topological polar surface area (TPSA) is 95.7 Å². The Balaban J connectivity index is 1.36. The maximum atomic E-state index is 5.54. The van der Waals surface area contributed by atoms with Crippen molar-refractivity contribution < 1.29 is 4.74 Å². The van der Waals surface area contributed by atoms with Crippen molar-refractivity contribution in [1.82, 2.24) is 24.6 Å². The molecular weight excluding hydrogens is 416 g/mol. The molecule has 9 heteroatoms. The van der Waals surface area contributed by atoms with Crippen molar-refractivity contribution in [3.8, 4) is 11.4 Å². The van der Waals surface area contributed by atoms with Crippen molar-refractivity contribution in [3.63, 3.8) is 0 Å². The van der Waals surface area contributed by atoms with Crippen molar-refractivity contribution in [3.05, 3.63) is 72.6 Å². The summed E-state index contributed by atoms with van der Waals surface area (Å²) in [5.41, 5.74) is 7.49. The normalized spacial score (nSPS) is 14.5. The van der Waals surface area contributed by atoms with E-state index >= 15 is 0 Å². The summed E-state index contributed by atoms with van der Waals surface area (Å²) in [6.45, 7) is 2.94. The second kappa shape index (κ2) is 8.36. The van der Waals surface area contributed by atoms with Crippen LogP contribution in [-0.2, 0) is 4.74 Å². The Morgan fingerprint density at radius 1 is 1.03 bits per heavy atom. The third kappa shape index (κ3) is 3.79. The van der Waals surface area contributed by atoms with Crippen LogP contribution >= 0.6 is 0 Å². The summed E-state index contributed by atoms with van der Waals surface area (Å²) in [5.74, 6) is 1.59. The predicted molar refractivity (Wildman–Crippen MR) is 129 cm³/mol. The lowest BCUT2D eigenvalue weighted by Crippen LogP contribution is -2.37. The van der Waals surface area contributed by atoms with Crippen molar-refractivity contribution in [1.29, 1.82) is 0 Å². The van der Waals surface area contributed by atoms with Crippen molar-refractivity contribution >= 4 is 34.4 Å². The molecule has 1 aliphatic rings. The maximum absolute atomic E-state index is 5.54. The lowest BCUT2D eigenvalue weighted by atomic mass is 10.2. The van der Waals surface area contributed by atoms with Gasteiger partial charge in [0.15, 0.2) is 11.5 Å². The van der Waals surface area contributed by atoms with Gasteiger partial charge in [0.2, 0.25) is 0 Å². The number of fused-ring (bicyclic) bond motifs is 2. The number of H-pyrrole nitrogens is 1. The van der Waals surface area contributed by atoms with Crippen LogP contribution in [0.4, 0.5) is 11.6 Å². The minimum atomic E-state index is 0.646. The van der Waals surface area contributed by atoms with E-state index in [1.165, 1.54) is 0 Å².